The second-order valence-corrected chi connectivity index (χ2v) is 4.14. The smallest absolute Gasteiger partial charge is 0.315 e. The van der Waals surface area contributed by atoms with Crippen LogP contribution in [0.15, 0.2) is 24.4 Å². The molecule has 19 heavy (non-hydrogen) atoms. The molecule has 7 heteroatoms. The molecule has 0 radical (unpaired) electrons. The maximum Gasteiger partial charge on any atom is 0.315 e. The van der Waals surface area contributed by atoms with E-state index in [2.05, 4.69) is 15.7 Å². The van der Waals surface area contributed by atoms with Crippen LogP contribution in [0.2, 0.25) is 0 Å². The van der Waals surface area contributed by atoms with Crippen LogP contribution in [0.1, 0.15) is 5.69 Å². The molecular formula is C12H15N5O2. The third kappa shape index (κ3) is 2.49. The number of nitrogens with zero attached hydrogens (tertiary/aromatic N) is 3. The first-order chi connectivity index (χ1) is 9.02. The fourth-order valence-corrected chi connectivity index (χ4v) is 1.91. The minimum Gasteiger partial charge on any atom is -0.382 e. The van der Waals surface area contributed by atoms with Crippen LogP contribution in [-0.2, 0) is 7.05 Å². The number of benzene rings is 1. The third-order valence-electron chi connectivity index (χ3n) is 2.77. The SMILES string of the molecule is CNc1cccc(Nc2cn(C)nc2C)c1[N+](=O)[O-]. The number of hydrogen-bond donors (Lipinski definition) is 2. The maximum absolute atomic E-state index is 11.2. The van der Waals surface area contributed by atoms with E-state index in [1.165, 1.54) is 0 Å². The molecule has 1 aromatic heterocycles. The van der Waals surface area contributed by atoms with E-state index in [1.54, 1.807) is 43.2 Å². The summed E-state index contributed by atoms with van der Waals surface area (Å²) in [6.45, 7) is 1.84. The minimum atomic E-state index is -0.403. The van der Waals surface area contributed by atoms with Gasteiger partial charge in [0.2, 0.25) is 0 Å². The summed E-state index contributed by atoms with van der Waals surface area (Å²) in [5, 5.41) is 21.3. The molecule has 7 nitrogen and oxygen atoms in total. The van der Waals surface area contributed by atoms with Crippen molar-refractivity contribution < 1.29 is 4.92 Å². The fraction of sp³-hybridized carbons (Fsp3) is 0.250. The Hall–Kier alpha value is -2.57. The number of hydrogen-bond acceptors (Lipinski definition) is 5. The predicted octanol–water partition coefficient (Wildman–Crippen LogP) is 2.42. The summed E-state index contributed by atoms with van der Waals surface area (Å²) < 4.78 is 1.66. The molecule has 100 valence electrons. The highest BCUT2D eigenvalue weighted by Gasteiger charge is 2.19. The summed E-state index contributed by atoms with van der Waals surface area (Å²) in [4.78, 5) is 10.8. The van der Waals surface area contributed by atoms with Gasteiger partial charge in [-0.25, -0.2) is 0 Å². The number of aryl methyl sites for hydroxylation is 2. The summed E-state index contributed by atoms with van der Waals surface area (Å²) in [5.41, 5.74) is 2.46. The fourth-order valence-electron chi connectivity index (χ4n) is 1.91. The van der Waals surface area contributed by atoms with Crippen LogP contribution >= 0.6 is 0 Å². The summed E-state index contributed by atoms with van der Waals surface area (Å²) in [6.07, 6.45) is 1.78. The zero-order valence-electron chi connectivity index (χ0n) is 11.0. The molecule has 0 bridgehead atoms. The van der Waals surface area contributed by atoms with Crippen molar-refractivity contribution in [3.63, 3.8) is 0 Å². The molecule has 0 aliphatic rings. The molecule has 0 fully saturated rings. The van der Waals surface area contributed by atoms with Crippen LogP contribution in [0, 0.1) is 17.0 Å². The highest BCUT2D eigenvalue weighted by molar-refractivity contribution is 5.79. The molecule has 0 aliphatic carbocycles. The maximum atomic E-state index is 11.2. The lowest BCUT2D eigenvalue weighted by molar-refractivity contribution is -0.383. The van der Waals surface area contributed by atoms with Gasteiger partial charge in [0.25, 0.3) is 0 Å². The molecule has 0 saturated carbocycles. The van der Waals surface area contributed by atoms with E-state index < -0.39 is 4.92 Å². The van der Waals surface area contributed by atoms with Crippen molar-refractivity contribution in [1.29, 1.82) is 0 Å². The zero-order chi connectivity index (χ0) is 14.0. The van der Waals surface area contributed by atoms with Gasteiger partial charge in [-0.1, -0.05) is 6.07 Å². The average Bonchev–Trinajstić information content (AvgIpc) is 2.67. The van der Waals surface area contributed by atoms with E-state index in [0.29, 0.717) is 11.4 Å². The van der Waals surface area contributed by atoms with Gasteiger partial charge in [-0.15, -0.1) is 0 Å². The first kappa shape index (κ1) is 12.9. The van der Waals surface area contributed by atoms with Gasteiger partial charge in [0.05, 0.1) is 16.3 Å². The van der Waals surface area contributed by atoms with E-state index >= 15 is 0 Å². The van der Waals surface area contributed by atoms with E-state index in [0.717, 1.165) is 11.4 Å². The Morgan fingerprint density at radius 2 is 2.00 bits per heavy atom. The number of aromatic nitrogens is 2. The second-order valence-electron chi connectivity index (χ2n) is 4.14. The Morgan fingerprint density at radius 3 is 2.53 bits per heavy atom. The molecule has 0 atom stereocenters. The predicted molar refractivity (Wildman–Crippen MR) is 73.9 cm³/mol. The number of anilines is 3. The number of rotatable bonds is 4. The Balaban J connectivity index is 2.45. The van der Waals surface area contributed by atoms with Crippen molar-refractivity contribution in [3.05, 3.63) is 40.2 Å². The van der Waals surface area contributed by atoms with E-state index in [9.17, 15) is 10.1 Å². The Kier molecular flexibility index (Phi) is 3.37. The number of para-hydroxylation sites is 1. The van der Waals surface area contributed by atoms with Gasteiger partial charge in [-0.2, -0.15) is 5.10 Å². The standard InChI is InChI=1S/C12H15N5O2/c1-8-11(7-16(3)15-8)14-10-6-4-5-9(13-2)12(10)17(18)19/h4-7,13-14H,1-3H3. The van der Waals surface area contributed by atoms with E-state index in [1.807, 2.05) is 6.92 Å². The normalized spacial score (nSPS) is 10.3. The molecular weight excluding hydrogens is 246 g/mol. The average molecular weight is 261 g/mol. The van der Waals surface area contributed by atoms with Crippen LogP contribution in [-0.4, -0.2) is 21.8 Å². The first-order valence-electron chi connectivity index (χ1n) is 5.75. The Labute approximate surface area is 110 Å². The lowest BCUT2D eigenvalue weighted by Crippen LogP contribution is -2.01. The van der Waals surface area contributed by atoms with Crippen molar-refractivity contribution in [2.75, 3.05) is 17.7 Å². The van der Waals surface area contributed by atoms with Crippen molar-refractivity contribution in [3.8, 4) is 0 Å². The number of nitrogens with one attached hydrogen (secondary N) is 2. The van der Waals surface area contributed by atoms with Gasteiger partial charge in [0, 0.05) is 20.3 Å². The molecule has 0 unspecified atom stereocenters. The van der Waals surface area contributed by atoms with E-state index in [4.69, 9.17) is 0 Å². The molecule has 2 aromatic rings. The van der Waals surface area contributed by atoms with Gasteiger partial charge >= 0.3 is 5.69 Å². The third-order valence-corrected chi connectivity index (χ3v) is 2.77. The molecule has 0 saturated heterocycles. The summed E-state index contributed by atoms with van der Waals surface area (Å²) >= 11 is 0. The number of nitro benzene ring substituents is 1. The van der Waals surface area contributed by atoms with Crippen molar-refractivity contribution >= 4 is 22.7 Å². The zero-order valence-corrected chi connectivity index (χ0v) is 11.0. The molecule has 0 aliphatic heterocycles. The highest BCUT2D eigenvalue weighted by Crippen LogP contribution is 2.34. The van der Waals surface area contributed by atoms with Crippen molar-refractivity contribution in [1.82, 2.24) is 9.78 Å². The largest absolute Gasteiger partial charge is 0.382 e. The molecule has 0 amide bonds. The molecule has 2 rings (SSSR count). The van der Waals surface area contributed by atoms with Gasteiger partial charge in [0.1, 0.15) is 11.4 Å². The first-order valence-corrected chi connectivity index (χ1v) is 5.75. The van der Waals surface area contributed by atoms with Crippen molar-refractivity contribution in [2.24, 2.45) is 7.05 Å². The van der Waals surface area contributed by atoms with Gasteiger partial charge in [0.15, 0.2) is 0 Å². The van der Waals surface area contributed by atoms with Gasteiger partial charge in [-0.3, -0.25) is 14.8 Å². The molecule has 1 heterocycles. The van der Waals surface area contributed by atoms with Crippen LogP contribution in [0.25, 0.3) is 0 Å². The molecule has 2 N–H and O–H groups in total. The number of nitro groups is 1. The quantitative estimate of drug-likeness (QED) is 0.652. The van der Waals surface area contributed by atoms with Crippen LogP contribution in [0.4, 0.5) is 22.7 Å². The lowest BCUT2D eigenvalue weighted by atomic mass is 10.2. The molecule has 1 aromatic carbocycles. The summed E-state index contributed by atoms with van der Waals surface area (Å²) in [7, 11) is 3.46. The molecule has 0 spiro atoms. The topological polar surface area (TPSA) is 85.0 Å². The second kappa shape index (κ2) is 4.97. The van der Waals surface area contributed by atoms with Gasteiger partial charge in [-0.05, 0) is 19.1 Å². The highest BCUT2D eigenvalue weighted by atomic mass is 16.6. The van der Waals surface area contributed by atoms with Crippen LogP contribution in [0.3, 0.4) is 0 Å². The summed E-state index contributed by atoms with van der Waals surface area (Å²) in [5.74, 6) is 0. The monoisotopic (exact) mass is 261 g/mol. The Bertz CT molecular complexity index is 621. The lowest BCUT2D eigenvalue weighted by Gasteiger charge is -2.09. The van der Waals surface area contributed by atoms with E-state index in [-0.39, 0.29) is 5.69 Å². The van der Waals surface area contributed by atoms with Crippen LogP contribution in [0.5, 0.6) is 0 Å². The van der Waals surface area contributed by atoms with Crippen molar-refractivity contribution in [2.45, 2.75) is 6.92 Å². The minimum absolute atomic E-state index is 0.0215. The Morgan fingerprint density at radius 1 is 1.32 bits per heavy atom. The summed E-state index contributed by atoms with van der Waals surface area (Å²) in [6, 6.07) is 5.09. The van der Waals surface area contributed by atoms with Gasteiger partial charge < -0.3 is 10.6 Å². The van der Waals surface area contributed by atoms with Crippen LogP contribution < -0.4 is 10.6 Å².